The smallest absolute Gasteiger partial charge is 0.0728 e. The summed E-state index contributed by atoms with van der Waals surface area (Å²) >= 11 is 6.48. The molecule has 0 bridgehead atoms. The Hall–Kier alpha value is -3.35. The monoisotopic (exact) mass is 442 g/mol. The summed E-state index contributed by atoms with van der Waals surface area (Å²) in [5, 5.41) is 0.774. The van der Waals surface area contributed by atoms with E-state index in [-0.39, 0.29) is 5.41 Å². The third kappa shape index (κ3) is 2.42. The Morgan fingerprint density at radius 2 is 1.36 bits per heavy atom. The van der Waals surface area contributed by atoms with Crippen LogP contribution >= 0.6 is 11.6 Å². The van der Waals surface area contributed by atoms with Crippen LogP contribution in [-0.2, 0) is 5.41 Å². The van der Waals surface area contributed by atoms with Crippen molar-refractivity contribution in [1.82, 2.24) is 0 Å². The summed E-state index contributed by atoms with van der Waals surface area (Å²) < 4.78 is 0. The average Bonchev–Trinajstić information content (AvgIpc) is 3.31. The van der Waals surface area contributed by atoms with Crippen LogP contribution in [0, 0.1) is 5.92 Å². The highest BCUT2D eigenvalue weighted by molar-refractivity contribution is 6.30. The van der Waals surface area contributed by atoms with E-state index in [4.69, 9.17) is 11.6 Å². The van der Waals surface area contributed by atoms with Crippen molar-refractivity contribution in [2.45, 2.75) is 18.8 Å². The van der Waals surface area contributed by atoms with Gasteiger partial charge in [-0.25, -0.2) is 0 Å². The number of benzene rings is 4. The molecular formula is C32H23Cl. The highest BCUT2D eigenvalue weighted by Crippen LogP contribution is 2.65. The Bertz CT molecular complexity index is 1470. The van der Waals surface area contributed by atoms with Crippen LogP contribution < -0.4 is 0 Å². The molecule has 0 radical (unpaired) electrons. The molecule has 0 nitrogen and oxygen atoms in total. The molecule has 158 valence electrons. The number of halogens is 1. The number of rotatable bonds is 1. The molecule has 3 aliphatic rings. The van der Waals surface area contributed by atoms with E-state index >= 15 is 0 Å². The van der Waals surface area contributed by atoms with E-state index in [9.17, 15) is 0 Å². The van der Waals surface area contributed by atoms with Crippen LogP contribution in [0.4, 0.5) is 0 Å². The van der Waals surface area contributed by atoms with Crippen LogP contribution in [0.5, 0.6) is 0 Å². The van der Waals surface area contributed by atoms with Crippen molar-refractivity contribution < 1.29 is 0 Å². The van der Waals surface area contributed by atoms with Crippen LogP contribution in [-0.4, -0.2) is 0 Å². The zero-order valence-corrected chi connectivity index (χ0v) is 19.2. The van der Waals surface area contributed by atoms with Crippen LogP contribution in [0.3, 0.4) is 0 Å². The van der Waals surface area contributed by atoms with E-state index in [0.29, 0.717) is 5.92 Å². The molecule has 1 atom stereocenters. The molecule has 4 aromatic rings. The predicted octanol–water partition coefficient (Wildman–Crippen LogP) is 8.69. The number of fused-ring (bicyclic) bond motifs is 9. The fraction of sp³-hybridized carbons (Fsp3) is 0.125. The van der Waals surface area contributed by atoms with Gasteiger partial charge >= 0.3 is 0 Å². The zero-order valence-electron chi connectivity index (χ0n) is 18.5. The Labute approximate surface area is 199 Å². The largest absolute Gasteiger partial charge is 0.0843 e. The minimum atomic E-state index is -0.298. The standard InChI is InChI=1S/C32H23Cl/c1-20-16-17-30-27(18-20)26-13-7-12-23(21-8-6-9-22(33)19-21)31(26)32(30)28-14-4-2-10-24(28)25-11-3-5-15-29(25)32/h2-17,19-20H,18H2,1H3. The first-order valence-electron chi connectivity index (χ1n) is 11.7. The molecule has 1 unspecified atom stereocenters. The van der Waals surface area contributed by atoms with Gasteiger partial charge in [0.2, 0.25) is 0 Å². The number of hydrogen-bond donors (Lipinski definition) is 0. The first kappa shape index (κ1) is 19.1. The quantitative estimate of drug-likeness (QED) is 0.276. The molecule has 3 aliphatic carbocycles. The maximum Gasteiger partial charge on any atom is 0.0728 e. The average molecular weight is 443 g/mol. The Kier molecular flexibility index (Phi) is 3.96. The lowest BCUT2D eigenvalue weighted by molar-refractivity contribution is 0.726. The van der Waals surface area contributed by atoms with Gasteiger partial charge in [-0.3, -0.25) is 0 Å². The van der Waals surface area contributed by atoms with Gasteiger partial charge in [0, 0.05) is 5.02 Å². The van der Waals surface area contributed by atoms with Gasteiger partial charge in [-0.1, -0.05) is 110 Å². The highest BCUT2D eigenvalue weighted by Gasteiger charge is 2.53. The Morgan fingerprint density at radius 3 is 2.09 bits per heavy atom. The van der Waals surface area contributed by atoms with Crippen molar-refractivity contribution in [3.63, 3.8) is 0 Å². The maximum absolute atomic E-state index is 6.48. The molecule has 0 saturated carbocycles. The fourth-order valence-electron chi connectivity index (χ4n) is 6.50. The van der Waals surface area contributed by atoms with Crippen LogP contribution in [0.25, 0.3) is 27.8 Å². The second kappa shape index (κ2) is 6.83. The highest BCUT2D eigenvalue weighted by atomic mass is 35.5. The lowest BCUT2D eigenvalue weighted by atomic mass is 9.67. The zero-order chi connectivity index (χ0) is 22.2. The van der Waals surface area contributed by atoms with Gasteiger partial charge in [0.05, 0.1) is 5.41 Å². The minimum absolute atomic E-state index is 0.298. The molecule has 0 saturated heterocycles. The molecule has 7 rings (SSSR count). The number of hydrogen-bond acceptors (Lipinski definition) is 0. The lowest BCUT2D eigenvalue weighted by Crippen LogP contribution is -2.28. The number of allylic oxidation sites excluding steroid dienone is 4. The minimum Gasteiger partial charge on any atom is -0.0843 e. The molecule has 0 N–H and O–H groups in total. The third-order valence-electron chi connectivity index (χ3n) is 7.70. The van der Waals surface area contributed by atoms with Crippen molar-refractivity contribution in [2.75, 3.05) is 0 Å². The molecule has 1 heteroatoms. The second-order valence-corrected chi connectivity index (χ2v) is 9.95. The van der Waals surface area contributed by atoms with Crippen LogP contribution in [0.1, 0.15) is 35.6 Å². The summed E-state index contributed by atoms with van der Waals surface area (Å²) in [7, 11) is 0. The van der Waals surface area contributed by atoms with Crippen LogP contribution in [0.2, 0.25) is 5.02 Å². The first-order chi connectivity index (χ1) is 16.2. The summed E-state index contributed by atoms with van der Waals surface area (Å²) in [6.45, 7) is 2.32. The molecule has 0 amide bonds. The van der Waals surface area contributed by atoms with Crippen LogP contribution in [0.15, 0.2) is 109 Å². The molecule has 4 aromatic carbocycles. The lowest BCUT2D eigenvalue weighted by Gasteiger charge is -2.34. The second-order valence-electron chi connectivity index (χ2n) is 9.51. The SMILES string of the molecule is CC1C=CC2=C(C1)c1cccc(-c3cccc(Cl)c3)c1C21c2ccccc2-c2ccccc21. The Balaban J connectivity index is 1.67. The fourth-order valence-corrected chi connectivity index (χ4v) is 6.69. The van der Waals surface area contributed by atoms with Crippen molar-refractivity contribution in [3.8, 4) is 22.3 Å². The molecule has 0 aromatic heterocycles. The van der Waals surface area contributed by atoms with E-state index in [1.807, 2.05) is 6.07 Å². The van der Waals surface area contributed by atoms with Crippen molar-refractivity contribution in [1.29, 1.82) is 0 Å². The van der Waals surface area contributed by atoms with Gasteiger partial charge in [0.1, 0.15) is 0 Å². The van der Waals surface area contributed by atoms with E-state index in [0.717, 1.165) is 11.4 Å². The predicted molar refractivity (Wildman–Crippen MR) is 138 cm³/mol. The summed E-state index contributed by atoms with van der Waals surface area (Å²) in [4.78, 5) is 0. The van der Waals surface area contributed by atoms with Crippen molar-refractivity contribution >= 4 is 17.2 Å². The maximum atomic E-state index is 6.48. The van der Waals surface area contributed by atoms with Crippen molar-refractivity contribution in [3.05, 3.63) is 136 Å². The molecular weight excluding hydrogens is 420 g/mol. The van der Waals surface area contributed by atoms with Gasteiger partial charge in [-0.2, -0.15) is 0 Å². The van der Waals surface area contributed by atoms with Crippen molar-refractivity contribution in [2.24, 2.45) is 5.92 Å². The third-order valence-corrected chi connectivity index (χ3v) is 7.93. The summed E-state index contributed by atoms with van der Waals surface area (Å²) in [6.07, 6.45) is 5.89. The van der Waals surface area contributed by atoms with Gasteiger partial charge in [0.15, 0.2) is 0 Å². The van der Waals surface area contributed by atoms with E-state index in [1.165, 1.54) is 55.7 Å². The molecule has 0 fully saturated rings. The van der Waals surface area contributed by atoms with E-state index in [2.05, 4.69) is 104 Å². The summed E-state index contributed by atoms with van der Waals surface area (Å²) in [5.74, 6) is 0.536. The first-order valence-corrected chi connectivity index (χ1v) is 12.1. The topological polar surface area (TPSA) is 0 Å². The summed E-state index contributed by atoms with van der Waals surface area (Å²) in [5.41, 5.74) is 13.4. The summed E-state index contributed by atoms with van der Waals surface area (Å²) in [6, 6.07) is 33.1. The van der Waals surface area contributed by atoms with E-state index < -0.39 is 0 Å². The van der Waals surface area contributed by atoms with E-state index in [1.54, 1.807) is 0 Å². The van der Waals surface area contributed by atoms with Gasteiger partial charge in [-0.15, -0.1) is 0 Å². The normalized spacial score (nSPS) is 18.8. The van der Waals surface area contributed by atoms with Gasteiger partial charge in [-0.05, 0) is 80.1 Å². The van der Waals surface area contributed by atoms with Gasteiger partial charge < -0.3 is 0 Å². The molecule has 33 heavy (non-hydrogen) atoms. The molecule has 0 aliphatic heterocycles. The van der Waals surface area contributed by atoms with Gasteiger partial charge in [0.25, 0.3) is 0 Å². The Morgan fingerprint density at radius 1 is 0.727 bits per heavy atom. The molecule has 0 heterocycles. The molecule has 1 spiro atoms.